The van der Waals surface area contributed by atoms with Gasteiger partial charge in [0.05, 0.1) is 59.7 Å². The third kappa shape index (κ3) is 30.4. The van der Waals surface area contributed by atoms with Crippen molar-refractivity contribution < 1.29 is 83.9 Å². The standard InChI is InChI=1S/C24H33ClO2.C22H29ClO5.C22H30O5.C21H26ClIO5/c1-6-18(2)16-26-22-11-7-20(8-12-22)24(4,5)21-9-13-23(14-10-21)27-17-19(3)15-25;1-4-17(25)13-28-21-10-7-16(11-20(21)23)22(2,3)15-5-8-19(9-6-15)27-14-18(26)12-24;1-4-18(24)14-26-20-9-5-16(6-10-20)22(2,3)17-7-11-21(12-8-17)27-15-19(25)13-23;1-21(2,14-3-6-18(7-4-14)27-13-17(26)11-24)15-5-8-20(19(23)9-15)28-12-16(25)10-22/h7-14,18-19H,6,15-17H2,1-5H3;5-11,17-18,24-26H,4,12-14H2,1-3H3;5-12,18-19,23-25H,4,13-15H2,1-3H3;3-9,16-17,24-26H,10-13H2,1-2H3/t18-,19-;17-,18-;18-,19-;16-,17-/m1111/s1. The molecule has 0 spiro atoms. The highest BCUT2D eigenvalue weighted by molar-refractivity contribution is 14.1. The molecule has 0 saturated heterocycles. The van der Waals surface area contributed by atoms with Gasteiger partial charge in [-0.3, -0.25) is 0 Å². The Morgan fingerprint density at radius 2 is 0.545 bits per heavy atom. The third-order valence-electron chi connectivity index (χ3n) is 19.2. The van der Waals surface area contributed by atoms with E-state index in [9.17, 15) is 30.6 Å². The minimum atomic E-state index is -0.891. The maximum Gasteiger partial charge on any atom is 0.138 e. The molecule has 0 aliphatic heterocycles. The fourth-order valence-electron chi connectivity index (χ4n) is 10.7. The lowest BCUT2D eigenvalue weighted by Gasteiger charge is -2.27. The van der Waals surface area contributed by atoms with Gasteiger partial charge in [-0.1, -0.05) is 193 Å². The summed E-state index contributed by atoms with van der Waals surface area (Å²) in [6.07, 6.45) is -1.86. The molecule has 8 aromatic rings. The second-order valence-corrected chi connectivity index (χ2v) is 31.8. The first-order valence-electron chi connectivity index (χ1n) is 37.6. The first-order valence-corrected chi connectivity index (χ1v) is 40.1. The molecule has 0 aliphatic rings. The fraction of sp³-hybridized carbons (Fsp3) is 0.461. The maximum absolute atomic E-state index is 9.64. The van der Waals surface area contributed by atoms with Crippen molar-refractivity contribution in [2.75, 3.05) is 84.4 Å². The van der Waals surface area contributed by atoms with Crippen molar-refractivity contribution in [1.29, 1.82) is 0 Å². The van der Waals surface area contributed by atoms with Gasteiger partial charge in [0.25, 0.3) is 0 Å². The van der Waals surface area contributed by atoms with Gasteiger partial charge >= 0.3 is 0 Å². The van der Waals surface area contributed by atoms with Crippen molar-refractivity contribution in [3.63, 3.8) is 0 Å². The van der Waals surface area contributed by atoms with E-state index in [0.717, 1.165) is 73.0 Å². The van der Waals surface area contributed by atoms with Gasteiger partial charge in [-0.25, -0.2) is 0 Å². The molecule has 17 nitrogen and oxygen atoms in total. The van der Waals surface area contributed by atoms with Gasteiger partial charge in [0.15, 0.2) is 0 Å². The van der Waals surface area contributed by atoms with Crippen LogP contribution in [0, 0.1) is 15.4 Å². The lowest BCUT2D eigenvalue weighted by atomic mass is 9.78. The molecule has 21 heteroatoms. The van der Waals surface area contributed by atoms with E-state index in [1.807, 2.05) is 153 Å². The first kappa shape index (κ1) is 94.0. The predicted molar refractivity (Wildman–Crippen MR) is 450 cm³/mol. The molecule has 0 heterocycles. The van der Waals surface area contributed by atoms with E-state index >= 15 is 0 Å². The molecule has 604 valence electrons. The minimum Gasteiger partial charge on any atom is -0.493 e. The summed E-state index contributed by atoms with van der Waals surface area (Å²) in [5.74, 6) is 7.45. The summed E-state index contributed by atoms with van der Waals surface area (Å²) in [5.41, 5.74) is 8.34. The number of hydrogen-bond donors (Lipinski definition) is 9. The second kappa shape index (κ2) is 47.2. The number of rotatable bonds is 40. The molecule has 0 radical (unpaired) electrons. The maximum atomic E-state index is 9.64. The van der Waals surface area contributed by atoms with Crippen molar-refractivity contribution >= 4 is 57.4 Å². The van der Waals surface area contributed by atoms with Gasteiger partial charge in [0.1, 0.15) is 110 Å². The van der Waals surface area contributed by atoms with Crippen LogP contribution in [-0.4, -0.2) is 167 Å². The van der Waals surface area contributed by atoms with Gasteiger partial charge in [0, 0.05) is 33.5 Å². The largest absolute Gasteiger partial charge is 0.493 e. The highest BCUT2D eigenvalue weighted by Gasteiger charge is 2.28. The van der Waals surface area contributed by atoms with E-state index in [1.165, 1.54) is 11.1 Å². The monoisotopic (exact) mass is 1690 g/mol. The summed E-state index contributed by atoms with van der Waals surface area (Å²) in [7, 11) is 0. The Morgan fingerprint density at radius 3 is 0.818 bits per heavy atom. The molecule has 0 aliphatic carbocycles. The van der Waals surface area contributed by atoms with E-state index in [4.69, 9.17) is 88.0 Å². The normalized spacial score (nSPS) is 13.8. The van der Waals surface area contributed by atoms with Gasteiger partial charge < -0.3 is 83.9 Å². The molecule has 0 unspecified atom stereocenters. The number of ether oxygens (including phenoxy) is 8. The van der Waals surface area contributed by atoms with Crippen LogP contribution in [0.15, 0.2) is 182 Å². The molecule has 0 aromatic heterocycles. The quantitative estimate of drug-likeness (QED) is 0.0128. The zero-order valence-corrected chi connectivity index (χ0v) is 70.5. The summed E-state index contributed by atoms with van der Waals surface area (Å²) >= 11 is 20.1. The molecule has 8 atom stereocenters. The highest BCUT2D eigenvalue weighted by Crippen LogP contribution is 2.40. The van der Waals surface area contributed by atoms with Crippen molar-refractivity contribution in [3.8, 4) is 46.0 Å². The van der Waals surface area contributed by atoms with Crippen LogP contribution in [0.1, 0.15) is 154 Å². The number of hydrogen-bond acceptors (Lipinski definition) is 17. The number of benzene rings is 8. The van der Waals surface area contributed by atoms with E-state index in [2.05, 4.69) is 141 Å². The van der Waals surface area contributed by atoms with E-state index in [1.54, 1.807) is 0 Å². The van der Waals surface area contributed by atoms with E-state index in [0.29, 0.717) is 71.8 Å². The molecule has 0 bridgehead atoms. The molecule has 8 rings (SSSR count). The Kier molecular flexibility index (Phi) is 40.3. The Labute approximate surface area is 681 Å². The molecule has 0 fully saturated rings. The Hall–Kier alpha value is -6.60. The van der Waals surface area contributed by atoms with Gasteiger partial charge in [-0.05, 0) is 183 Å². The van der Waals surface area contributed by atoms with Crippen LogP contribution in [0.5, 0.6) is 46.0 Å². The van der Waals surface area contributed by atoms with Crippen LogP contribution < -0.4 is 37.9 Å². The SMILES string of the molecule is CC(C)(c1ccc(OC[C@H](O)CO)cc1)c1ccc(OC[C@H](O)CCl)c(I)c1.CC[C@@H](C)COc1ccc(C(C)(C)c2ccc(OC[C@H](C)CCl)cc2)cc1.CC[C@@H](O)COc1ccc(C(C)(C)c2ccc(OC[C@H](O)CO)cc2)cc1.CC[C@@H](O)COc1ccc(C(C)(C)c2ccc(OC[C@H](O)CO)cc2)cc1Cl. The zero-order chi connectivity index (χ0) is 81.2. The van der Waals surface area contributed by atoms with Crippen LogP contribution >= 0.6 is 57.4 Å². The van der Waals surface area contributed by atoms with Gasteiger partial charge in [-0.2, -0.15) is 0 Å². The number of alkyl halides is 2. The van der Waals surface area contributed by atoms with Crippen LogP contribution in [0.3, 0.4) is 0 Å². The van der Waals surface area contributed by atoms with Crippen molar-refractivity contribution in [1.82, 2.24) is 0 Å². The molecule has 9 N–H and O–H groups in total. The Bertz CT molecular complexity index is 3490. The second-order valence-electron chi connectivity index (χ2n) is 29.6. The first-order chi connectivity index (χ1) is 52.3. The number of halogens is 4. The van der Waals surface area contributed by atoms with Crippen LogP contribution in [-0.2, 0) is 21.7 Å². The van der Waals surface area contributed by atoms with Crippen molar-refractivity contribution in [2.45, 2.75) is 168 Å². The average Bonchev–Trinajstić information content (AvgIpc) is 0.814. The van der Waals surface area contributed by atoms with Crippen LogP contribution in [0.2, 0.25) is 5.02 Å². The summed E-state index contributed by atoms with van der Waals surface area (Å²) in [6, 6.07) is 59.5. The molecule has 110 heavy (non-hydrogen) atoms. The lowest BCUT2D eigenvalue weighted by Crippen LogP contribution is -2.22. The molecular formula is C89H118Cl3IO17. The fourth-order valence-corrected chi connectivity index (χ4v) is 11.8. The van der Waals surface area contributed by atoms with Gasteiger partial charge in [-0.15, -0.1) is 23.2 Å². The topological polar surface area (TPSA) is 256 Å². The number of aliphatic hydroxyl groups is 9. The average molecular weight is 1690 g/mol. The van der Waals surface area contributed by atoms with Gasteiger partial charge in [0.2, 0.25) is 0 Å². The van der Waals surface area contributed by atoms with Crippen molar-refractivity contribution in [2.24, 2.45) is 11.8 Å². The van der Waals surface area contributed by atoms with E-state index < -0.39 is 36.6 Å². The van der Waals surface area contributed by atoms with E-state index in [-0.39, 0.29) is 80.4 Å². The van der Waals surface area contributed by atoms with Crippen LogP contribution in [0.25, 0.3) is 0 Å². The van der Waals surface area contributed by atoms with Crippen LogP contribution in [0.4, 0.5) is 0 Å². The molecule has 8 aromatic carbocycles. The third-order valence-corrected chi connectivity index (χ3v) is 21.2. The molecule has 0 saturated carbocycles. The smallest absolute Gasteiger partial charge is 0.138 e. The van der Waals surface area contributed by atoms with Crippen molar-refractivity contribution in [3.05, 3.63) is 235 Å². The summed E-state index contributed by atoms with van der Waals surface area (Å²) in [6.45, 7) is 28.8. The summed E-state index contributed by atoms with van der Waals surface area (Å²) in [4.78, 5) is 0. The number of aliphatic hydroxyl groups excluding tert-OH is 9. The zero-order valence-electron chi connectivity index (χ0n) is 66.1. The summed E-state index contributed by atoms with van der Waals surface area (Å²) < 4.78 is 45.8. The Morgan fingerprint density at radius 1 is 0.300 bits per heavy atom. The minimum absolute atomic E-state index is 0.0447. The molecular weight excluding hydrogens is 1570 g/mol. The Balaban J connectivity index is 0.000000263. The predicted octanol–water partition coefficient (Wildman–Crippen LogP) is 16.5. The lowest BCUT2D eigenvalue weighted by molar-refractivity contribution is 0.0536. The highest BCUT2D eigenvalue weighted by atomic mass is 127. The summed E-state index contributed by atoms with van der Waals surface area (Å²) in [5, 5.41) is 83.9. The molecule has 0 amide bonds.